The van der Waals surface area contributed by atoms with Crippen LogP contribution in [0.2, 0.25) is 0 Å². The van der Waals surface area contributed by atoms with Gasteiger partial charge in [0.15, 0.2) is 0 Å². The number of nitrogens with zero attached hydrogens (tertiary/aromatic N) is 2. The molecule has 0 radical (unpaired) electrons. The van der Waals surface area contributed by atoms with E-state index in [-0.39, 0.29) is 0 Å². The quantitative estimate of drug-likeness (QED) is 0.886. The van der Waals surface area contributed by atoms with E-state index in [1.807, 2.05) is 12.5 Å². The molecule has 3 heteroatoms. The molecule has 1 N–H and O–H groups in total. The molecule has 3 atom stereocenters. The van der Waals surface area contributed by atoms with Crippen LogP contribution >= 0.6 is 0 Å². The summed E-state index contributed by atoms with van der Waals surface area (Å²) in [4.78, 5) is 4.36. The smallest absolute Gasteiger partial charge is 0.0948 e. The molecule has 3 unspecified atom stereocenters. The third-order valence-electron chi connectivity index (χ3n) is 4.34. The van der Waals surface area contributed by atoms with Crippen LogP contribution in [0.25, 0.3) is 0 Å². The molecule has 1 aliphatic rings. The summed E-state index contributed by atoms with van der Waals surface area (Å²) in [5.74, 6) is 1.41. The SMILES string of the molecule is CC1CCCC(c2cncn2CC(C)C(C)C)N1. The first-order chi connectivity index (χ1) is 8.58. The van der Waals surface area contributed by atoms with E-state index in [2.05, 4.69) is 42.6 Å². The van der Waals surface area contributed by atoms with Crippen LogP contribution in [0.5, 0.6) is 0 Å². The summed E-state index contributed by atoms with van der Waals surface area (Å²) in [5.41, 5.74) is 1.37. The molecule has 2 rings (SSSR count). The first kappa shape index (κ1) is 13.6. The number of rotatable bonds is 4. The van der Waals surface area contributed by atoms with Gasteiger partial charge >= 0.3 is 0 Å². The Kier molecular flexibility index (Phi) is 4.44. The van der Waals surface area contributed by atoms with E-state index in [0.29, 0.717) is 18.0 Å². The Morgan fingerprint density at radius 1 is 1.39 bits per heavy atom. The highest BCUT2D eigenvalue weighted by atomic mass is 15.1. The second-order valence-electron chi connectivity index (χ2n) is 6.24. The Balaban J connectivity index is 2.07. The monoisotopic (exact) mass is 249 g/mol. The lowest BCUT2D eigenvalue weighted by Gasteiger charge is -2.30. The van der Waals surface area contributed by atoms with Crippen molar-refractivity contribution in [2.75, 3.05) is 0 Å². The van der Waals surface area contributed by atoms with Gasteiger partial charge in [0.2, 0.25) is 0 Å². The van der Waals surface area contributed by atoms with E-state index >= 15 is 0 Å². The van der Waals surface area contributed by atoms with Gasteiger partial charge in [-0.05, 0) is 38.0 Å². The van der Waals surface area contributed by atoms with Gasteiger partial charge in [-0.15, -0.1) is 0 Å². The van der Waals surface area contributed by atoms with Gasteiger partial charge < -0.3 is 9.88 Å². The van der Waals surface area contributed by atoms with Crippen molar-refractivity contribution < 1.29 is 0 Å². The summed E-state index contributed by atoms with van der Waals surface area (Å²) in [6.07, 6.45) is 7.90. The highest BCUT2D eigenvalue weighted by Crippen LogP contribution is 2.26. The van der Waals surface area contributed by atoms with Gasteiger partial charge in [-0.3, -0.25) is 0 Å². The molecule has 0 saturated carbocycles. The summed E-state index contributed by atoms with van der Waals surface area (Å²) >= 11 is 0. The van der Waals surface area contributed by atoms with Gasteiger partial charge in [-0.2, -0.15) is 0 Å². The van der Waals surface area contributed by atoms with Gasteiger partial charge in [-0.1, -0.05) is 20.8 Å². The van der Waals surface area contributed by atoms with Crippen molar-refractivity contribution in [3.05, 3.63) is 18.2 Å². The fraction of sp³-hybridized carbons (Fsp3) is 0.800. The number of hydrogen-bond donors (Lipinski definition) is 1. The maximum atomic E-state index is 4.36. The fourth-order valence-corrected chi connectivity index (χ4v) is 2.67. The van der Waals surface area contributed by atoms with E-state index < -0.39 is 0 Å². The van der Waals surface area contributed by atoms with Crippen LogP contribution in [0.3, 0.4) is 0 Å². The zero-order chi connectivity index (χ0) is 13.1. The van der Waals surface area contributed by atoms with Gasteiger partial charge in [0.05, 0.1) is 12.0 Å². The number of hydrogen-bond acceptors (Lipinski definition) is 2. The molecule has 0 aromatic carbocycles. The Labute approximate surface area is 111 Å². The van der Waals surface area contributed by atoms with Crippen molar-refractivity contribution in [2.24, 2.45) is 11.8 Å². The van der Waals surface area contributed by atoms with Gasteiger partial charge in [0.1, 0.15) is 0 Å². The Bertz CT molecular complexity index is 370. The minimum atomic E-state index is 0.496. The summed E-state index contributed by atoms with van der Waals surface area (Å²) in [7, 11) is 0. The summed E-state index contributed by atoms with van der Waals surface area (Å²) in [6, 6.07) is 1.13. The Morgan fingerprint density at radius 3 is 2.83 bits per heavy atom. The topological polar surface area (TPSA) is 29.9 Å². The van der Waals surface area contributed by atoms with Crippen LogP contribution in [0.15, 0.2) is 12.5 Å². The van der Waals surface area contributed by atoms with Crippen molar-refractivity contribution in [2.45, 2.75) is 65.6 Å². The van der Waals surface area contributed by atoms with Crippen LogP contribution in [0.4, 0.5) is 0 Å². The van der Waals surface area contributed by atoms with Crippen LogP contribution in [0.1, 0.15) is 58.7 Å². The van der Waals surface area contributed by atoms with Crippen molar-refractivity contribution in [1.29, 1.82) is 0 Å². The maximum absolute atomic E-state index is 4.36. The molecular weight excluding hydrogens is 222 g/mol. The van der Waals surface area contributed by atoms with Gasteiger partial charge in [0.25, 0.3) is 0 Å². The Hall–Kier alpha value is -0.830. The highest BCUT2D eigenvalue weighted by molar-refractivity contribution is 5.07. The molecule has 0 bridgehead atoms. The van der Waals surface area contributed by atoms with Crippen molar-refractivity contribution in [1.82, 2.24) is 14.9 Å². The van der Waals surface area contributed by atoms with Gasteiger partial charge in [0, 0.05) is 24.8 Å². The van der Waals surface area contributed by atoms with E-state index in [4.69, 9.17) is 0 Å². The number of aromatic nitrogens is 2. The van der Waals surface area contributed by atoms with E-state index in [0.717, 1.165) is 12.5 Å². The van der Waals surface area contributed by atoms with Crippen LogP contribution in [-0.4, -0.2) is 15.6 Å². The predicted octanol–water partition coefficient (Wildman–Crippen LogP) is 3.38. The molecule has 0 aliphatic carbocycles. The largest absolute Gasteiger partial charge is 0.333 e. The molecule has 2 heterocycles. The van der Waals surface area contributed by atoms with E-state index in [1.165, 1.54) is 25.0 Å². The summed E-state index contributed by atoms with van der Waals surface area (Å²) in [6.45, 7) is 10.3. The molecule has 0 spiro atoms. The first-order valence-electron chi connectivity index (χ1n) is 7.34. The second kappa shape index (κ2) is 5.87. The second-order valence-corrected chi connectivity index (χ2v) is 6.24. The molecule has 1 aliphatic heterocycles. The molecular formula is C15H27N3. The minimum Gasteiger partial charge on any atom is -0.333 e. The first-order valence-corrected chi connectivity index (χ1v) is 7.34. The molecule has 0 amide bonds. The lowest BCUT2D eigenvalue weighted by Crippen LogP contribution is -2.35. The Morgan fingerprint density at radius 2 is 2.17 bits per heavy atom. The zero-order valence-corrected chi connectivity index (χ0v) is 12.2. The van der Waals surface area contributed by atoms with Crippen LogP contribution < -0.4 is 5.32 Å². The third-order valence-corrected chi connectivity index (χ3v) is 4.34. The lowest BCUT2D eigenvalue weighted by atomic mass is 9.96. The zero-order valence-electron chi connectivity index (χ0n) is 12.2. The average molecular weight is 249 g/mol. The van der Waals surface area contributed by atoms with Crippen LogP contribution in [-0.2, 0) is 6.54 Å². The third kappa shape index (κ3) is 3.14. The summed E-state index contributed by atoms with van der Waals surface area (Å²) < 4.78 is 2.35. The standard InChI is InChI=1S/C15H27N3/c1-11(2)12(3)9-18-10-16-8-15(18)14-7-5-6-13(4)17-14/h8,10-14,17H,5-7,9H2,1-4H3. The molecule has 1 saturated heterocycles. The van der Waals surface area contributed by atoms with Crippen molar-refractivity contribution in [3.63, 3.8) is 0 Å². The molecule has 1 aromatic rings. The average Bonchev–Trinajstić information content (AvgIpc) is 2.77. The maximum Gasteiger partial charge on any atom is 0.0948 e. The molecule has 102 valence electrons. The van der Waals surface area contributed by atoms with E-state index in [1.54, 1.807) is 0 Å². The molecule has 1 aromatic heterocycles. The number of piperidine rings is 1. The predicted molar refractivity (Wildman–Crippen MR) is 75.4 cm³/mol. The minimum absolute atomic E-state index is 0.496. The van der Waals surface area contributed by atoms with Crippen molar-refractivity contribution in [3.8, 4) is 0 Å². The van der Waals surface area contributed by atoms with Gasteiger partial charge in [-0.25, -0.2) is 4.98 Å². The van der Waals surface area contributed by atoms with Crippen molar-refractivity contribution >= 4 is 0 Å². The lowest BCUT2D eigenvalue weighted by molar-refractivity contribution is 0.312. The number of imidazole rings is 1. The van der Waals surface area contributed by atoms with E-state index in [9.17, 15) is 0 Å². The van der Waals surface area contributed by atoms with Crippen LogP contribution in [0, 0.1) is 11.8 Å². The fourth-order valence-electron chi connectivity index (χ4n) is 2.67. The molecule has 18 heavy (non-hydrogen) atoms. The normalized spacial score (nSPS) is 26.5. The number of nitrogens with one attached hydrogen (secondary N) is 1. The summed E-state index contributed by atoms with van der Waals surface area (Å²) in [5, 5.41) is 3.70. The molecule has 3 nitrogen and oxygen atoms in total. The highest BCUT2D eigenvalue weighted by Gasteiger charge is 2.22. The molecule has 1 fully saturated rings.